The van der Waals surface area contributed by atoms with E-state index >= 15 is 0 Å². The zero-order valence-electron chi connectivity index (χ0n) is 10.7. The summed E-state index contributed by atoms with van der Waals surface area (Å²) in [7, 11) is 0. The normalized spacial score (nSPS) is 10.6. The Morgan fingerprint density at radius 2 is 1.80 bits per heavy atom. The van der Waals surface area contributed by atoms with Gasteiger partial charge in [0.05, 0.1) is 11.1 Å². The van der Waals surface area contributed by atoms with Crippen LogP contribution in [0.4, 0.5) is 5.69 Å². The molecule has 1 aromatic heterocycles. The standard InChI is InChI=1S/C16H13N3O/c17-14-6-5-10(8-13(14)16(18)20)12-7-11-3-1-2-4-15(11)19-9-12/h1-9H,17H2,(H2,18,20). The molecule has 0 spiro atoms. The van der Waals surface area contributed by atoms with Crippen LogP contribution in [0, 0.1) is 0 Å². The fraction of sp³-hybridized carbons (Fsp3) is 0. The van der Waals surface area contributed by atoms with Gasteiger partial charge < -0.3 is 11.5 Å². The van der Waals surface area contributed by atoms with E-state index < -0.39 is 5.91 Å². The van der Waals surface area contributed by atoms with Crippen molar-refractivity contribution in [2.45, 2.75) is 0 Å². The zero-order valence-corrected chi connectivity index (χ0v) is 10.7. The van der Waals surface area contributed by atoms with E-state index in [-0.39, 0.29) is 0 Å². The summed E-state index contributed by atoms with van der Waals surface area (Å²) in [4.78, 5) is 15.8. The summed E-state index contributed by atoms with van der Waals surface area (Å²) in [6, 6.07) is 15.1. The van der Waals surface area contributed by atoms with E-state index in [0.29, 0.717) is 11.3 Å². The summed E-state index contributed by atoms with van der Waals surface area (Å²) in [5.41, 5.74) is 14.5. The number of amides is 1. The lowest BCUT2D eigenvalue weighted by atomic mass is 10.0. The lowest BCUT2D eigenvalue weighted by Gasteiger charge is -2.07. The lowest BCUT2D eigenvalue weighted by molar-refractivity contribution is 0.100. The number of pyridine rings is 1. The van der Waals surface area contributed by atoms with E-state index in [0.717, 1.165) is 22.0 Å². The van der Waals surface area contributed by atoms with Crippen LogP contribution >= 0.6 is 0 Å². The first kappa shape index (κ1) is 12.2. The fourth-order valence-electron chi connectivity index (χ4n) is 2.18. The van der Waals surface area contributed by atoms with Gasteiger partial charge in [0.2, 0.25) is 0 Å². The molecule has 1 amide bonds. The third-order valence-electron chi connectivity index (χ3n) is 3.24. The smallest absolute Gasteiger partial charge is 0.250 e. The molecule has 0 saturated heterocycles. The quantitative estimate of drug-likeness (QED) is 0.697. The molecule has 0 saturated carbocycles. The number of primary amides is 1. The molecule has 0 bridgehead atoms. The van der Waals surface area contributed by atoms with E-state index in [1.807, 2.05) is 36.4 Å². The Bertz CT molecular complexity index is 812. The second-order valence-corrected chi connectivity index (χ2v) is 4.58. The minimum Gasteiger partial charge on any atom is -0.398 e. The summed E-state index contributed by atoms with van der Waals surface area (Å²) in [5, 5.41) is 1.04. The number of nitrogens with zero attached hydrogens (tertiary/aromatic N) is 1. The topological polar surface area (TPSA) is 82.0 Å². The average molecular weight is 263 g/mol. The summed E-state index contributed by atoms with van der Waals surface area (Å²) < 4.78 is 0. The SMILES string of the molecule is NC(=O)c1cc(-c2cnc3ccccc3c2)ccc1N. The monoisotopic (exact) mass is 263 g/mol. The molecule has 3 aromatic rings. The highest BCUT2D eigenvalue weighted by atomic mass is 16.1. The predicted molar refractivity (Wildman–Crippen MR) is 80.1 cm³/mol. The maximum Gasteiger partial charge on any atom is 0.250 e. The number of rotatable bonds is 2. The molecule has 4 heteroatoms. The van der Waals surface area contributed by atoms with Crippen molar-refractivity contribution in [3.8, 4) is 11.1 Å². The van der Waals surface area contributed by atoms with Gasteiger partial charge >= 0.3 is 0 Å². The second kappa shape index (κ2) is 4.66. The highest BCUT2D eigenvalue weighted by Gasteiger charge is 2.08. The molecule has 4 N–H and O–H groups in total. The van der Waals surface area contributed by atoms with Gasteiger partial charge in [0.15, 0.2) is 0 Å². The van der Waals surface area contributed by atoms with Crippen LogP contribution in [0.2, 0.25) is 0 Å². The Balaban J connectivity index is 2.15. The van der Waals surface area contributed by atoms with Crippen molar-refractivity contribution < 1.29 is 4.79 Å². The summed E-state index contributed by atoms with van der Waals surface area (Å²) in [5.74, 6) is -0.530. The molecule has 0 aliphatic heterocycles. The molecule has 0 unspecified atom stereocenters. The molecule has 0 aliphatic rings. The minimum absolute atomic E-state index is 0.329. The Hall–Kier alpha value is -2.88. The Morgan fingerprint density at radius 1 is 1.00 bits per heavy atom. The van der Waals surface area contributed by atoms with Crippen molar-refractivity contribution >= 4 is 22.5 Å². The van der Waals surface area contributed by atoms with Crippen molar-refractivity contribution in [2.75, 3.05) is 5.73 Å². The van der Waals surface area contributed by atoms with Crippen LogP contribution in [0.3, 0.4) is 0 Å². The molecular formula is C16H13N3O. The van der Waals surface area contributed by atoms with Crippen LogP contribution < -0.4 is 11.5 Å². The van der Waals surface area contributed by atoms with Crippen molar-refractivity contribution in [3.05, 3.63) is 60.3 Å². The van der Waals surface area contributed by atoms with E-state index in [4.69, 9.17) is 11.5 Å². The molecule has 98 valence electrons. The van der Waals surface area contributed by atoms with Crippen LogP contribution in [0.1, 0.15) is 10.4 Å². The van der Waals surface area contributed by atoms with Crippen LogP contribution in [0.15, 0.2) is 54.7 Å². The maximum absolute atomic E-state index is 11.3. The van der Waals surface area contributed by atoms with Gasteiger partial charge in [-0.25, -0.2) is 0 Å². The molecule has 2 aromatic carbocycles. The van der Waals surface area contributed by atoms with Crippen molar-refractivity contribution in [1.82, 2.24) is 4.98 Å². The molecule has 0 aliphatic carbocycles. The van der Waals surface area contributed by atoms with Crippen molar-refractivity contribution in [2.24, 2.45) is 5.73 Å². The number of hydrogen-bond acceptors (Lipinski definition) is 3. The van der Waals surface area contributed by atoms with E-state index in [9.17, 15) is 4.79 Å². The van der Waals surface area contributed by atoms with Gasteiger partial charge in [-0.15, -0.1) is 0 Å². The molecule has 1 heterocycles. The lowest BCUT2D eigenvalue weighted by Crippen LogP contribution is -2.13. The van der Waals surface area contributed by atoms with E-state index in [1.54, 1.807) is 18.3 Å². The number of nitrogen functional groups attached to an aromatic ring is 1. The first-order valence-electron chi connectivity index (χ1n) is 6.19. The average Bonchev–Trinajstić information content (AvgIpc) is 2.47. The largest absolute Gasteiger partial charge is 0.398 e. The van der Waals surface area contributed by atoms with Gasteiger partial charge in [-0.1, -0.05) is 24.3 Å². The number of aromatic nitrogens is 1. The minimum atomic E-state index is -0.530. The number of carbonyl (C=O) groups is 1. The number of para-hydroxylation sites is 1. The van der Waals surface area contributed by atoms with E-state index in [1.165, 1.54) is 0 Å². The van der Waals surface area contributed by atoms with Crippen molar-refractivity contribution in [3.63, 3.8) is 0 Å². The summed E-state index contributed by atoms with van der Waals surface area (Å²) in [6.45, 7) is 0. The Labute approximate surface area is 116 Å². The van der Waals surface area contributed by atoms with Gasteiger partial charge in [-0.3, -0.25) is 9.78 Å². The fourth-order valence-corrected chi connectivity index (χ4v) is 2.18. The molecule has 0 fully saturated rings. The first-order chi connectivity index (χ1) is 9.65. The van der Waals surface area contributed by atoms with Crippen molar-refractivity contribution in [1.29, 1.82) is 0 Å². The third-order valence-corrected chi connectivity index (χ3v) is 3.24. The van der Waals surface area contributed by atoms with Gasteiger partial charge in [0.25, 0.3) is 5.91 Å². The number of fused-ring (bicyclic) bond motifs is 1. The number of anilines is 1. The first-order valence-corrected chi connectivity index (χ1v) is 6.19. The maximum atomic E-state index is 11.3. The number of hydrogen-bond donors (Lipinski definition) is 2. The van der Waals surface area contributed by atoms with Gasteiger partial charge in [-0.05, 0) is 29.8 Å². The third kappa shape index (κ3) is 2.07. The van der Waals surface area contributed by atoms with Gasteiger partial charge in [-0.2, -0.15) is 0 Å². The van der Waals surface area contributed by atoms with Crippen LogP contribution in [0.25, 0.3) is 22.0 Å². The van der Waals surface area contributed by atoms with Crippen LogP contribution in [-0.2, 0) is 0 Å². The number of benzene rings is 2. The summed E-state index contributed by atoms with van der Waals surface area (Å²) in [6.07, 6.45) is 1.78. The Morgan fingerprint density at radius 3 is 2.60 bits per heavy atom. The van der Waals surface area contributed by atoms with Crippen LogP contribution in [-0.4, -0.2) is 10.9 Å². The number of carbonyl (C=O) groups excluding carboxylic acids is 1. The molecule has 4 nitrogen and oxygen atoms in total. The zero-order chi connectivity index (χ0) is 14.1. The highest BCUT2D eigenvalue weighted by Crippen LogP contribution is 2.25. The highest BCUT2D eigenvalue weighted by molar-refractivity contribution is 5.99. The predicted octanol–water partition coefficient (Wildman–Crippen LogP) is 2.58. The van der Waals surface area contributed by atoms with Crippen LogP contribution in [0.5, 0.6) is 0 Å². The molecule has 20 heavy (non-hydrogen) atoms. The molecular weight excluding hydrogens is 250 g/mol. The molecule has 0 radical (unpaired) electrons. The Kier molecular flexibility index (Phi) is 2.84. The number of nitrogens with two attached hydrogens (primary N) is 2. The summed E-state index contributed by atoms with van der Waals surface area (Å²) >= 11 is 0. The van der Waals surface area contributed by atoms with Gasteiger partial charge in [0, 0.05) is 22.8 Å². The molecule has 0 atom stereocenters. The van der Waals surface area contributed by atoms with E-state index in [2.05, 4.69) is 4.98 Å². The molecule has 3 rings (SSSR count). The van der Waals surface area contributed by atoms with Gasteiger partial charge in [0.1, 0.15) is 0 Å². The second-order valence-electron chi connectivity index (χ2n) is 4.58.